The SMILES string of the molecule is Cc1ccc(-c2nc(N)nc3ccc(Cl)nc23)c(C)c1C. The Hall–Kier alpha value is -2.20. The number of nitrogen functional groups attached to an aromatic ring is 1. The average Bonchev–Trinajstić information content (AvgIpc) is 2.45. The summed E-state index contributed by atoms with van der Waals surface area (Å²) in [6, 6.07) is 7.63. The average molecular weight is 299 g/mol. The largest absolute Gasteiger partial charge is 0.368 e. The van der Waals surface area contributed by atoms with Gasteiger partial charge >= 0.3 is 0 Å². The highest BCUT2D eigenvalue weighted by atomic mass is 35.5. The molecule has 0 bridgehead atoms. The monoisotopic (exact) mass is 298 g/mol. The zero-order chi connectivity index (χ0) is 15.1. The molecular formula is C16H15ClN4. The van der Waals surface area contributed by atoms with Gasteiger partial charge in [0.1, 0.15) is 16.4 Å². The molecule has 5 heteroatoms. The first kappa shape index (κ1) is 13.8. The van der Waals surface area contributed by atoms with Crippen molar-refractivity contribution in [1.29, 1.82) is 0 Å². The van der Waals surface area contributed by atoms with Gasteiger partial charge < -0.3 is 5.73 Å². The highest BCUT2D eigenvalue weighted by Crippen LogP contribution is 2.31. The Morgan fingerprint density at radius 1 is 0.905 bits per heavy atom. The van der Waals surface area contributed by atoms with E-state index in [4.69, 9.17) is 17.3 Å². The number of halogens is 1. The van der Waals surface area contributed by atoms with E-state index in [-0.39, 0.29) is 5.95 Å². The third kappa shape index (κ3) is 2.32. The normalized spacial score (nSPS) is 11.0. The maximum Gasteiger partial charge on any atom is 0.221 e. The molecular weight excluding hydrogens is 284 g/mol. The van der Waals surface area contributed by atoms with Crippen molar-refractivity contribution in [2.75, 3.05) is 5.73 Å². The van der Waals surface area contributed by atoms with E-state index in [2.05, 4.69) is 41.8 Å². The molecule has 0 spiro atoms. The third-order valence-electron chi connectivity index (χ3n) is 3.84. The van der Waals surface area contributed by atoms with Crippen molar-refractivity contribution in [3.8, 4) is 11.3 Å². The zero-order valence-corrected chi connectivity index (χ0v) is 12.9. The number of nitrogens with zero attached hydrogens (tertiary/aromatic N) is 3. The number of aryl methyl sites for hydroxylation is 1. The molecule has 106 valence electrons. The van der Waals surface area contributed by atoms with Crippen LogP contribution in [0.3, 0.4) is 0 Å². The van der Waals surface area contributed by atoms with Crippen LogP contribution in [0.25, 0.3) is 22.3 Å². The molecule has 0 saturated heterocycles. The minimum absolute atomic E-state index is 0.235. The molecule has 0 saturated carbocycles. The van der Waals surface area contributed by atoms with Gasteiger partial charge in [-0.25, -0.2) is 15.0 Å². The Morgan fingerprint density at radius 3 is 2.43 bits per heavy atom. The van der Waals surface area contributed by atoms with Crippen molar-refractivity contribution in [3.05, 3.63) is 46.1 Å². The molecule has 1 aromatic carbocycles. The third-order valence-corrected chi connectivity index (χ3v) is 4.05. The van der Waals surface area contributed by atoms with Crippen LogP contribution < -0.4 is 5.73 Å². The molecule has 0 aliphatic heterocycles. The molecule has 2 aromatic heterocycles. The van der Waals surface area contributed by atoms with Crippen molar-refractivity contribution in [2.24, 2.45) is 0 Å². The maximum absolute atomic E-state index is 6.02. The van der Waals surface area contributed by atoms with Crippen LogP contribution in [0.4, 0.5) is 5.95 Å². The summed E-state index contributed by atoms with van der Waals surface area (Å²) in [7, 11) is 0. The van der Waals surface area contributed by atoms with E-state index in [1.54, 1.807) is 6.07 Å². The summed E-state index contributed by atoms with van der Waals surface area (Å²) in [6.45, 7) is 6.27. The van der Waals surface area contributed by atoms with E-state index in [0.29, 0.717) is 16.2 Å². The standard InChI is InChI=1S/C16H15ClN4/c1-8-4-5-11(10(3)9(8)2)14-15-12(19-16(18)21-14)6-7-13(17)20-15/h4-7H,1-3H3,(H2,18,19,21). The molecule has 0 atom stereocenters. The van der Waals surface area contributed by atoms with Crippen LogP contribution in [0.1, 0.15) is 16.7 Å². The van der Waals surface area contributed by atoms with Crippen molar-refractivity contribution >= 4 is 28.6 Å². The molecule has 0 aliphatic carbocycles. The van der Waals surface area contributed by atoms with E-state index >= 15 is 0 Å². The van der Waals surface area contributed by atoms with Gasteiger partial charge in [0.05, 0.1) is 5.52 Å². The Labute approximate surface area is 128 Å². The summed E-state index contributed by atoms with van der Waals surface area (Å²) in [4.78, 5) is 13.0. The van der Waals surface area contributed by atoms with E-state index < -0.39 is 0 Å². The van der Waals surface area contributed by atoms with Gasteiger partial charge in [0.25, 0.3) is 0 Å². The second-order valence-corrected chi connectivity index (χ2v) is 5.50. The van der Waals surface area contributed by atoms with Gasteiger partial charge in [-0.3, -0.25) is 0 Å². The van der Waals surface area contributed by atoms with Crippen LogP contribution in [0.2, 0.25) is 5.15 Å². The number of anilines is 1. The molecule has 0 fully saturated rings. The van der Waals surface area contributed by atoms with Crippen molar-refractivity contribution in [1.82, 2.24) is 15.0 Å². The van der Waals surface area contributed by atoms with Crippen LogP contribution in [-0.2, 0) is 0 Å². The van der Waals surface area contributed by atoms with Gasteiger partial charge in [0.15, 0.2) is 0 Å². The van der Waals surface area contributed by atoms with Crippen molar-refractivity contribution < 1.29 is 0 Å². The van der Waals surface area contributed by atoms with Crippen LogP contribution in [0.15, 0.2) is 24.3 Å². The van der Waals surface area contributed by atoms with Crippen molar-refractivity contribution in [2.45, 2.75) is 20.8 Å². The van der Waals surface area contributed by atoms with Gasteiger partial charge in [0.2, 0.25) is 5.95 Å². The number of pyridine rings is 1. The predicted molar refractivity (Wildman–Crippen MR) is 86.4 cm³/mol. The maximum atomic E-state index is 6.02. The molecule has 3 rings (SSSR count). The number of nitrogens with two attached hydrogens (primary N) is 1. The Balaban J connectivity index is 2.39. The minimum Gasteiger partial charge on any atom is -0.368 e. The fourth-order valence-electron chi connectivity index (χ4n) is 2.41. The van der Waals surface area contributed by atoms with Crippen LogP contribution in [0.5, 0.6) is 0 Å². The highest BCUT2D eigenvalue weighted by molar-refractivity contribution is 6.29. The highest BCUT2D eigenvalue weighted by Gasteiger charge is 2.14. The molecule has 2 N–H and O–H groups in total. The van der Waals surface area contributed by atoms with Gasteiger partial charge in [-0.05, 0) is 49.6 Å². The van der Waals surface area contributed by atoms with Gasteiger partial charge in [-0.2, -0.15) is 0 Å². The van der Waals surface area contributed by atoms with Gasteiger partial charge in [-0.1, -0.05) is 23.7 Å². The summed E-state index contributed by atoms with van der Waals surface area (Å²) >= 11 is 6.02. The minimum atomic E-state index is 0.235. The molecule has 0 aliphatic rings. The lowest BCUT2D eigenvalue weighted by molar-refractivity contribution is 1.20. The molecule has 4 nitrogen and oxygen atoms in total. The Kier molecular flexibility index (Phi) is 3.26. The van der Waals surface area contributed by atoms with E-state index in [1.807, 2.05) is 12.1 Å². The van der Waals surface area contributed by atoms with Gasteiger partial charge in [-0.15, -0.1) is 0 Å². The summed E-state index contributed by atoms with van der Waals surface area (Å²) in [5, 5.41) is 0.415. The molecule has 0 amide bonds. The Morgan fingerprint density at radius 2 is 1.67 bits per heavy atom. The molecule has 21 heavy (non-hydrogen) atoms. The van der Waals surface area contributed by atoms with Crippen LogP contribution in [-0.4, -0.2) is 15.0 Å². The summed E-state index contributed by atoms with van der Waals surface area (Å²) < 4.78 is 0. The number of benzene rings is 1. The second-order valence-electron chi connectivity index (χ2n) is 5.11. The van der Waals surface area contributed by atoms with E-state index in [9.17, 15) is 0 Å². The van der Waals surface area contributed by atoms with E-state index in [1.165, 1.54) is 11.1 Å². The molecule has 2 heterocycles. The number of rotatable bonds is 1. The second kappa shape index (κ2) is 4.97. The lowest BCUT2D eigenvalue weighted by Crippen LogP contribution is -2.01. The molecule has 3 aromatic rings. The number of aromatic nitrogens is 3. The quantitative estimate of drug-likeness (QED) is 0.693. The molecule has 0 unspecified atom stereocenters. The van der Waals surface area contributed by atoms with Crippen LogP contribution in [0, 0.1) is 20.8 Å². The van der Waals surface area contributed by atoms with Crippen molar-refractivity contribution in [3.63, 3.8) is 0 Å². The summed E-state index contributed by atoms with van der Waals surface area (Å²) in [5.74, 6) is 0.235. The number of hydrogen-bond donors (Lipinski definition) is 1. The smallest absolute Gasteiger partial charge is 0.221 e. The Bertz CT molecular complexity index is 859. The first-order valence-corrected chi connectivity index (χ1v) is 7.02. The molecule has 0 radical (unpaired) electrons. The summed E-state index contributed by atoms with van der Waals surface area (Å²) in [5.41, 5.74) is 12.6. The number of hydrogen-bond acceptors (Lipinski definition) is 4. The van der Waals surface area contributed by atoms with E-state index in [0.717, 1.165) is 16.8 Å². The lowest BCUT2D eigenvalue weighted by Gasteiger charge is -2.12. The fraction of sp³-hybridized carbons (Fsp3) is 0.188. The van der Waals surface area contributed by atoms with Crippen LogP contribution >= 0.6 is 11.6 Å². The topological polar surface area (TPSA) is 64.7 Å². The van der Waals surface area contributed by atoms with Gasteiger partial charge in [0, 0.05) is 5.56 Å². The first-order valence-electron chi connectivity index (χ1n) is 6.64. The fourth-order valence-corrected chi connectivity index (χ4v) is 2.56. The lowest BCUT2D eigenvalue weighted by atomic mass is 9.96. The number of fused-ring (bicyclic) bond motifs is 1. The zero-order valence-electron chi connectivity index (χ0n) is 12.1. The summed E-state index contributed by atoms with van der Waals surface area (Å²) in [6.07, 6.45) is 0. The first-order chi connectivity index (χ1) is 9.97. The predicted octanol–water partition coefficient (Wildman–Crippen LogP) is 3.85.